The van der Waals surface area contributed by atoms with Crippen molar-refractivity contribution in [2.75, 3.05) is 17.1 Å². The summed E-state index contributed by atoms with van der Waals surface area (Å²) in [6.45, 7) is 0. The highest BCUT2D eigenvalue weighted by atomic mass is 32.2. The number of nitrogens with one attached hydrogen (secondary N) is 4. The van der Waals surface area contributed by atoms with Crippen molar-refractivity contribution >= 4 is 39.2 Å². The van der Waals surface area contributed by atoms with Gasteiger partial charge in [-0.1, -0.05) is 6.07 Å². The Balaban J connectivity index is 1.64. The quantitative estimate of drug-likeness (QED) is 0.322. The van der Waals surface area contributed by atoms with Crippen molar-refractivity contribution in [3.63, 3.8) is 0 Å². The van der Waals surface area contributed by atoms with Crippen LogP contribution in [0, 0.1) is 0 Å². The van der Waals surface area contributed by atoms with Crippen LogP contribution in [0.5, 0.6) is 5.75 Å². The minimum absolute atomic E-state index is 0.0129. The molecule has 3 aromatic rings. The van der Waals surface area contributed by atoms with Gasteiger partial charge in [0.1, 0.15) is 5.75 Å². The van der Waals surface area contributed by atoms with Crippen LogP contribution in [0.4, 0.5) is 16.2 Å². The molecular formula is C22H21N5O6S. The monoisotopic (exact) mass is 483 g/mol. The molecule has 11 nitrogen and oxygen atoms in total. The predicted octanol–water partition coefficient (Wildman–Crippen LogP) is 2.06. The topological polar surface area (TPSA) is 169 Å². The summed E-state index contributed by atoms with van der Waals surface area (Å²) in [5, 5.41) is 2.36. The van der Waals surface area contributed by atoms with Gasteiger partial charge in [-0.25, -0.2) is 13.2 Å². The number of benzene rings is 3. The number of hydrogen-bond acceptors (Lipinski definition) is 6. The maximum absolute atomic E-state index is 12.7. The number of primary amides is 1. The highest BCUT2D eigenvalue weighted by Gasteiger charge is 2.17. The number of anilines is 2. The molecule has 4 amide bonds. The van der Waals surface area contributed by atoms with Gasteiger partial charge in [-0.3, -0.25) is 25.2 Å². The number of methoxy groups -OCH3 is 1. The first-order valence-electron chi connectivity index (χ1n) is 9.72. The highest BCUT2D eigenvalue weighted by molar-refractivity contribution is 7.92. The smallest absolute Gasteiger partial charge is 0.316 e. The SMILES string of the molecule is COc1ccc(NS(=O)(=O)c2cccc(C(=O)NNC(=O)c3ccc(NC(N)=O)cc3)c2)cc1. The van der Waals surface area contributed by atoms with Crippen LogP contribution < -0.4 is 31.4 Å². The fourth-order valence-corrected chi connectivity index (χ4v) is 3.89. The van der Waals surface area contributed by atoms with Gasteiger partial charge in [-0.05, 0) is 66.7 Å². The van der Waals surface area contributed by atoms with Crippen molar-refractivity contribution in [2.45, 2.75) is 4.90 Å². The van der Waals surface area contributed by atoms with Crippen LogP contribution in [-0.4, -0.2) is 33.4 Å². The van der Waals surface area contributed by atoms with Crippen LogP contribution in [0.15, 0.2) is 77.7 Å². The predicted molar refractivity (Wildman–Crippen MR) is 125 cm³/mol. The van der Waals surface area contributed by atoms with Crippen LogP contribution in [0.2, 0.25) is 0 Å². The summed E-state index contributed by atoms with van der Waals surface area (Å²) in [7, 11) is -2.48. The number of carbonyl (C=O) groups excluding carboxylic acids is 3. The minimum Gasteiger partial charge on any atom is -0.497 e. The summed E-state index contributed by atoms with van der Waals surface area (Å²) in [5.74, 6) is -0.771. The Hall–Kier alpha value is -4.58. The molecular weight excluding hydrogens is 462 g/mol. The van der Waals surface area contributed by atoms with E-state index in [-0.39, 0.29) is 16.0 Å². The first kappa shape index (κ1) is 24.1. The summed E-state index contributed by atoms with van der Waals surface area (Å²) in [4.78, 5) is 35.4. The molecule has 3 rings (SSSR count). The van der Waals surface area contributed by atoms with E-state index < -0.39 is 27.9 Å². The minimum atomic E-state index is -3.97. The van der Waals surface area contributed by atoms with Gasteiger partial charge in [0, 0.05) is 22.5 Å². The lowest BCUT2D eigenvalue weighted by Crippen LogP contribution is -2.41. The number of amides is 4. The third-order valence-corrected chi connectivity index (χ3v) is 5.83. The van der Waals surface area contributed by atoms with Gasteiger partial charge in [0.25, 0.3) is 21.8 Å². The van der Waals surface area contributed by atoms with Gasteiger partial charge in [0.15, 0.2) is 0 Å². The van der Waals surface area contributed by atoms with Crippen molar-refractivity contribution in [1.29, 1.82) is 0 Å². The molecule has 0 saturated heterocycles. The summed E-state index contributed by atoms with van der Waals surface area (Å²) in [5.41, 5.74) is 10.4. The highest BCUT2D eigenvalue weighted by Crippen LogP contribution is 2.20. The van der Waals surface area contributed by atoms with Crippen molar-refractivity contribution in [3.05, 3.63) is 83.9 Å². The van der Waals surface area contributed by atoms with Crippen LogP contribution >= 0.6 is 0 Å². The third kappa shape index (κ3) is 6.23. The standard InChI is InChI=1S/C22H21N5O6S/c1-33-18-11-9-17(10-12-18)27-34(31,32)19-4-2-3-15(13-19)21(29)26-25-20(28)14-5-7-16(8-6-14)24-22(23)30/h2-13,27H,1H3,(H,25,28)(H,26,29)(H3,23,24,30). The lowest BCUT2D eigenvalue weighted by atomic mass is 10.2. The van der Waals surface area contributed by atoms with Crippen LogP contribution in [-0.2, 0) is 10.0 Å². The molecule has 0 fully saturated rings. The number of ether oxygens (including phenoxy) is 1. The molecule has 0 saturated carbocycles. The molecule has 0 radical (unpaired) electrons. The second-order valence-corrected chi connectivity index (χ2v) is 8.52. The molecule has 0 spiro atoms. The molecule has 0 aromatic heterocycles. The van der Waals surface area contributed by atoms with Crippen LogP contribution in [0.1, 0.15) is 20.7 Å². The lowest BCUT2D eigenvalue weighted by molar-refractivity contribution is 0.0846. The lowest BCUT2D eigenvalue weighted by Gasteiger charge is -2.11. The van der Waals surface area contributed by atoms with E-state index in [0.29, 0.717) is 17.1 Å². The van der Waals surface area contributed by atoms with E-state index in [1.54, 1.807) is 24.3 Å². The normalized spacial score (nSPS) is 10.6. The molecule has 0 heterocycles. The van der Waals surface area contributed by atoms with Crippen molar-refractivity contribution in [1.82, 2.24) is 10.9 Å². The molecule has 0 aliphatic carbocycles. The summed E-state index contributed by atoms with van der Waals surface area (Å²) in [6.07, 6.45) is 0. The fraction of sp³-hybridized carbons (Fsp3) is 0.0455. The molecule has 0 atom stereocenters. The Labute approximate surface area is 195 Å². The van der Waals surface area contributed by atoms with Gasteiger partial charge in [-0.15, -0.1) is 0 Å². The van der Waals surface area contributed by atoms with Crippen LogP contribution in [0.3, 0.4) is 0 Å². The van der Waals surface area contributed by atoms with E-state index in [1.165, 1.54) is 55.6 Å². The first-order valence-corrected chi connectivity index (χ1v) is 11.2. The second kappa shape index (κ2) is 10.4. The maximum atomic E-state index is 12.7. The van der Waals surface area contributed by atoms with Crippen LogP contribution in [0.25, 0.3) is 0 Å². The molecule has 0 aliphatic heterocycles. The molecule has 6 N–H and O–H groups in total. The molecule has 3 aromatic carbocycles. The summed E-state index contributed by atoms with van der Waals surface area (Å²) < 4.78 is 32.9. The zero-order valence-electron chi connectivity index (χ0n) is 17.9. The number of nitrogens with two attached hydrogens (primary N) is 1. The van der Waals surface area contributed by atoms with E-state index in [2.05, 4.69) is 20.9 Å². The van der Waals surface area contributed by atoms with E-state index in [0.717, 1.165) is 0 Å². The Morgan fingerprint density at radius 1 is 0.794 bits per heavy atom. The Morgan fingerprint density at radius 2 is 1.38 bits per heavy atom. The number of hydrazine groups is 1. The second-order valence-electron chi connectivity index (χ2n) is 6.84. The number of rotatable bonds is 7. The van der Waals surface area contributed by atoms with Crippen molar-refractivity contribution < 1.29 is 27.5 Å². The average molecular weight is 484 g/mol. The largest absolute Gasteiger partial charge is 0.497 e. The zero-order chi connectivity index (χ0) is 24.7. The van der Waals surface area contributed by atoms with Gasteiger partial charge >= 0.3 is 6.03 Å². The fourth-order valence-electron chi connectivity index (χ4n) is 2.78. The average Bonchev–Trinajstić information content (AvgIpc) is 2.82. The van der Waals surface area contributed by atoms with E-state index >= 15 is 0 Å². The molecule has 0 bridgehead atoms. The molecule has 12 heteroatoms. The van der Waals surface area contributed by atoms with Gasteiger partial charge in [-0.2, -0.15) is 0 Å². The molecule has 34 heavy (non-hydrogen) atoms. The first-order chi connectivity index (χ1) is 16.2. The third-order valence-electron chi connectivity index (χ3n) is 4.45. The summed E-state index contributed by atoms with van der Waals surface area (Å²) in [6, 6.07) is 16.6. The molecule has 0 aliphatic rings. The van der Waals surface area contributed by atoms with Gasteiger partial charge in [0.05, 0.1) is 12.0 Å². The summed E-state index contributed by atoms with van der Waals surface area (Å²) >= 11 is 0. The number of sulfonamides is 1. The zero-order valence-corrected chi connectivity index (χ0v) is 18.7. The Bertz CT molecular complexity index is 1310. The Morgan fingerprint density at radius 3 is 1.97 bits per heavy atom. The van der Waals surface area contributed by atoms with Gasteiger partial charge in [0.2, 0.25) is 0 Å². The number of carbonyl (C=O) groups is 3. The number of urea groups is 1. The molecule has 176 valence electrons. The molecule has 0 unspecified atom stereocenters. The van der Waals surface area contributed by atoms with Crippen molar-refractivity contribution in [2.24, 2.45) is 5.73 Å². The Kier molecular flexibility index (Phi) is 7.33. The number of hydrogen-bond donors (Lipinski definition) is 5. The van der Waals surface area contributed by atoms with Gasteiger partial charge < -0.3 is 15.8 Å². The van der Waals surface area contributed by atoms with Crippen molar-refractivity contribution in [3.8, 4) is 5.75 Å². The van der Waals surface area contributed by atoms with E-state index in [9.17, 15) is 22.8 Å². The van der Waals surface area contributed by atoms with E-state index in [1.807, 2.05) is 0 Å². The maximum Gasteiger partial charge on any atom is 0.316 e. The van der Waals surface area contributed by atoms with E-state index in [4.69, 9.17) is 10.5 Å².